The fourth-order valence-corrected chi connectivity index (χ4v) is 2.64. The van der Waals surface area contributed by atoms with E-state index in [2.05, 4.69) is 20.8 Å². The van der Waals surface area contributed by atoms with Crippen LogP contribution in [0.1, 0.15) is 11.1 Å². The molecule has 0 aliphatic rings. The van der Waals surface area contributed by atoms with Gasteiger partial charge in [-0.3, -0.25) is 15.0 Å². The van der Waals surface area contributed by atoms with E-state index < -0.39 is 4.92 Å². The number of nitrogen functional groups attached to an aromatic ring is 1. The lowest BCUT2D eigenvalue weighted by Gasteiger charge is -2.18. The van der Waals surface area contributed by atoms with Gasteiger partial charge in [0.1, 0.15) is 5.69 Å². The third-order valence-electron chi connectivity index (χ3n) is 3.15. The number of nitrogens with two attached hydrogens (primary N) is 1. The second-order valence-electron chi connectivity index (χ2n) is 4.91. The predicted octanol–water partition coefficient (Wildman–Crippen LogP) is 3.57. The number of halogens is 1. The minimum atomic E-state index is -0.451. The molecule has 0 bridgehead atoms. The number of anilines is 1. The van der Waals surface area contributed by atoms with Gasteiger partial charge in [0.15, 0.2) is 0 Å². The van der Waals surface area contributed by atoms with E-state index in [1.807, 2.05) is 37.4 Å². The van der Waals surface area contributed by atoms with Crippen molar-refractivity contribution in [1.82, 2.24) is 4.90 Å². The molecule has 0 aromatic heterocycles. The Bertz CT molecular complexity index is 661. The summed E-state index contributed by atoms with van der Waals surface area (Å²) in [5.41, 5.74) is 8.00. The van der Waals surface area contributed by atoms with Crippen molar-refractivity contribution in [3.05, 3.63) is 68.2 Å². The average molecular weight is 350 g/mol. The first-order chi connectivity index (χ1) is 9.97. The minimum Gasteiger partial charge on any atom is -0.393 e. The van der Waals surface area contributed by atoms with E-state index in [-0.39, 0.29) is 11.4 Å². The van der Waals surface area contributed by atoms with Crippen LogP contribution in [-0.4, -0.2) is 16.9 Å². The second kappa shape index (κ2) is 6.69. The summed E-state index contributed by atoms with van der Waals surface area (Å²) in [6.45, 7) is 1.29. The summed E-state index contributed by atoms with van der Waals surface area (Å²) >= 11 is 3.44. The van der Waals surface area contributed by atoms with Crippen LogP contribution in [0.3, 0.4) is 0 Å². The van der Waals surface area contributed by atoms with E-state index in [4.69, 9.17) is 5.73 Å². The zero-order valence-electron chi connectivity index (χ0n) is 11.6. The van der Waals surface area contributed by atoms with Gasteiger partial charge in [-0.25, -0.2) is 0 Å². The molecule has 0 amide bonds. The lowest BCUT2D eigenvalue weighted by molar-refractivity contribution is -0.384. The summed E-state index contributed by atoms with van der Waals surface area (Å²) in [6, 6.07) is 13.0. The van der Waals surface area contributed by atoms with Crippen molar-refractivity contribution in [3.8, 4) is 0 Å². The Morgan fingerprint density at radius 3 is 2.62 bits per heavy atom. The van der Waals surface area contributed by atoms with Crippen molar-refractivity contribution in [2.75, 3.05) is 12.8 Å². The maximum absolute atomic E-state index is 10.9. The van der Waals surface area contributed by atoms with Crippen molar-refractivity contribution < 1.29 is 4.92 Å². The predicted molar refractivity (Wildman–Crippen MR) is 86.8 cm³/mol. The van der Waals surface area contributed by atoms with Crippen molar-refractivity contribution in [3.63, 3.8) is 0 Å². The Hall–Kier alpha value is -1.92. The molecule has 2 aromatic carbocycles. The van der Waals surface area contributed by atoms with Crippen LogP contribution in [-0.2, 0) is 13.1 Å². The summed E-state index contributed by atoms with van der Waals surface area (Å²) in [5.74, 6) is 0. The Kier molecular flexibility index (Phi) is 4.93. The lowest BCUT2D eigenvalue weighted by atomic mass is 10.1. The van der Waals surface area contributed by atoms with Gasteiger partial charge in [-0.15, -0.1) is 0 Å². The third kappa shape index (κ3) is 4.03. The van der Waals surface area contributed by atoms with Gasteiger partial charge in [-0.2, -0.15) is 0 Å². The highest BCUT2D eigenvalue weighted by Gasteiger charge is 2.15. The second-order valence-corrected chi connectivity index (χ2v) is 5.82. The monoisotopic (exact) mass is 349 g/mol. The SMILES string of the molecule is CN(Cc1cccc(Br)c1)Cc1cccc([N+](=O)[O-])c1N. The van der Waals surface area contributed by atoms with E-state index in [1.165, 1.54) is 6.07 Å². The van der Waals surface area contributed by atoms with Gasteiger partial charge >= 0.3 is 0 Å². The number of hydrogen-bond donors (Lipinski definition) is 1. The average Bonchev–Trinajstić information content (AvgIpc) is 2.40. The quantitative estimate of drug-likeness (QED) is 0.508. The summed E-state index contributed by atoms with van der Waals surface area (Å²) in [5, 5.41) is 10.9. The van der Waals surface area contributed by atoms with Crippen molar-refractivity contribution in [1.29, 1.82) is 0 Å². The first kappa shape index (κ1) is 15.5. The van der Waals surface area contributed by atoms with Gasteiger partial charge in [-0.05, 0) is 30.3 Å². The van der Waals surface area contributed by atoms with Crippen LogP contribution >= 0.6 is 15.9 Å². The van der Waals surface area contributed by atoms with Gasteiger partial charge in [0, 0.05) is 23.6 Å². The maximum Gasteiger partial charge on any atom is 0.292 e. The number of benzene rings is 2. The van der Waals surface area contributed by atoms with Gasteiger partial charge < -0.3 is 5.73 Å². The highest BCUT2D eigenvalue weighted by molar-refractivity contribution is 9.10. The summed E-state index contributed by atoms with van der Waals surface area (Å²) in [6.07, 6.45) is 0. The van der Waals surface area contributed by atoms with Gasteiger partial charge in [0.25, 0.3) is 5.69 Å². The van der Waals surface area contributed by atoms with Crippen LogP contribution in [0.5, 0.6) is 0 Å². The van der Waals surface area contributed by atoms with Crippen molar-refractivity contribution in [2.45, 2.75) is 13.1 Å². The third-order valence-corrected chi connectivity index (χ3v) is 3.65. The molecule has 110 valence electrons. The van der Waals surface area contributed by atoms with Crippen molar-refractivity contribution >= 4 is 27.3 Å². The van der Waals surface area contributed by atoms with Crippen LogP contribution in [0.15, 0.2) is 46.9 Å². The topological polar surface area (TPSA) is 72.4 Å². The minimum absolute atomic E-state index is 0.0386. The normalized spacial score (nSPS) is 10.8. The summed E-state index contributed by atoms with van der Waals surface area (Å²) < 4.78 is 1.03. The molecule has 0 saturated heterocycles. The van der Waals surface area contributed by atoms with E-state index in [1.54, 1.807) is 6.07 Å². The molecule has 0 fully saturated rings. The summed E-state index contributed by atoms with van der Waals surface area (Å²) in [4.78, 5) is 12.5. The molecule has 2 aromatic rings. The Morgan fingerprint density at radius 2 is 1.95 bits per heavy atom. The number of nitrogens with zero attached hydrogens (tertiary/aromatic N) is 2. The Morgan fingerprint density at radius 1 is 1.24 bits per heavy atom. The van der Waals surface area contributed by atoms with Crippen LogP contribution in [0, 0.1) is 10.1 Å². The first-order valence-electron chi connectivity index (χ1n) is 6.42. The highest BCUT2D eigenvalue weighted by atomic mass is 79.9. The lowest BCUT2D eigenvalue weighted by Crippen LogP contribution is -2.18. The van der Waals surface area contributed by atoms with E-state index >= 15 is 0 Å². The number of nitro benzene ring substituents is 1. The number of para-hydroxylation sites is 1. The van der Waals surface area contributed by atoms with E-state index in [0.29, 0.717) is 6.54 Å². The molecule has 2 rings (SSSR count). The molecule has 5 nitrogen and oxygen atoms in total. The van der Waals surface area contributed by atoms with Crippen LogP contribution in [0.2, 0.25) is 0 Å². The number of hydrogen-bond acceptors (Lipinski definition) is 4. The standard InChI is InChI=1S/C15H16BrN3O2/c1-18(9-11-4-2-6-13(16)8-11)10-12-5-3-7-14(15(12)17)19(20)21/h2-8H,9-10,17H2,1H3. The zero-order valence-corrected chi connectivity index (χ0v) is 13.2. The van der Waals surface area contributed by atoms with E-state index in [9.17, 15) is 10.1 Å². The molecular formula is C15H16BrN3O2. The molecule has 0 spiro atoms. The Labute approximate surface area is 131 Å². The molecule has 0 unspecified atom stereocenters. The zero-order chi connectivity index (χ0) is 15.4. The van der Waals surface area contributed by atoms with E-state index in [0.717, 1.165) is 22.1 Å². The van der Waals surface area contributed by atoms with Crippen LogP contribution in [0.25, 0.3) is 0 Å². The molecule has 6 heteroatoms. The molecule has 0 radical (unpaired) electrons. The summed E-state index contributed by atoms with van der Waals surface area (Å²) in [7, 11) is 1.96. The fourth-order valence-electron chi connectivity index (χ4n) is 2.19. The fraction of sp³-hybridized carbons (Fsp3) is 0.200. The van der Waals surface area contributed by atoms with Gasteiger partial charge in [-0.1, -0.05) is 40.2 Å². The van der Waals surface area contributed by atoms with Gasteiger partial charge in [0.05, 0.1) is 4.92 Å². The first-order valence-corrected chi connectivity index (χ1v) is 7.21. The molecule has 0 heterocycles. The number of nitro groups is 1. The molecule has 2 N–H and O–H groups in total. The van der Waals surface area contributed by atoms with Gasteiger partial charge in [0.2, 0.25) is 0 Å². The molecule has 21 heavy (non-hydrogen) atoms. The largest absolute Gasteiger partial charge is 0.393 e. The molecule has 0 saturated carbocycles. The Balaban J connectivity index is 2.11. The smallest absolute Gasteiger partial charge is 0.292 e. The molecule has 0 aliphatic heterocycles. The molecule has 0 atom stereocenters. The molecular weight excluding hydrogens is 334 g/mol. The van der Waals surface area contributed by atoms with Crippen molar-refractivity contribution in [2.24, 2.45) is 0 Å². The maximum atomic E-state index is 10.9. The number of rotatable bonds is 5. The van der Waals surface area contributed by atoms with Crippen LogP contribution < -0.4 is 5.73 Å². The highest BCUT2D eigenvalue weighted by Crippen LogP contribution is 2.26. The molecule has 0 aliphatic carbocycles. The van der Waals surface area contributed by atoms with Crippen LogP contribution in [0.4, 0.5) is 11.4 Å².